The zero-order valence-corrected chi connectivity index (χ0v) is 9.67. The number of ether oxygens (including phenoxy) is 2. The van der Waals surface area contributed by atoms with Crippen molar-refractivity contribution in [1.29, 1.82) is 0 Å². The predicted molar refractivity (Wildman–Crippen MR) is 59.6 cm³/mol. The molecule has 0 radical (unpaired) electrons. The molecule has 1 aromatic carbocycles. The van der Waals surface area contributed by atoms with Gasteiger partial charge in [0, 0.05) is 18.1 Å². The molecular formula is C12H14F3NO2. The highest BCUT2D eigenvalue weighted by Crippen LogP contribution is 2.34. The van der Waals surface area contributed by atoms with Gasteiger partial charge in [0.1, 0.15) is 18.1 Å². The molecule has 6 heteroatoms. The van der Waals surface area contributed by atoms with Crippen LogP contribution in [0.2, 0.25) is 0 Å². The maximum Gasteiger partial charge on any atom is 0.389 e. The highest BCUT2D eigenvalue weighted by molar-refractivity contribution is 5.44. The molecular weight excluding hydrogens is 247 g/mol. The molecule has 3 nitrogen and oxygen atoms in total. The fraction of sp³-hybridized carbons (Fsp3) is 0.500. The maximum atomic E-state index is 11.9. The van der Waals surface area contributed by atoms with Crippen LogP contribution in [0.1, 0.15) is 24.4 Å². The zero-order valence-electron chi connectivity index (χ0n) is 9.67. The van der Waals surface area contributed by atoms with Crippen molar-refractivity contribution in [1.82, 2.24) is 0 Å². The molecule has 2 N–H and O–H groups in total. The first-order valence-corrected chi connectivity index (χ1v) is 5.67. The second-order valence-corrected chi connectivity index (χ2v) is 4.18. The Morgan fingerprint density at radius 3 is 2.89 bits per heavy atom. The molecule has 0 aliphatic carbocycles. The lowest BCUT2D eigenvalue weighted by Gasteiger charge is -2.09. The van der Waals surface area contributed by atoms with Gasteiger partial charge >= 0.3 is 6.18 Å². The van der Waals surface area contributed by atoms with Crippen LogP contribution >= 0.6 is 0 Å². The van der Waals surface area contributed by atoms with E-state index in [0.29, 0.717) is 18.1 Å². The molecule has 0 fully saturated rings. The first-order valence-electron chi connectivity index (χ1n) is 5.67. The third-order valence-electron chi connectivity index (χ3n) is 2.68. The average molecular weight is 261 g/mol. The van der Waals surface area contributed by atoms with Crippen LogP contribution in [0.4, 0.5) is 13.2 Å². The second-order valence-electron chi connectivity index (χ2n) is 4.18. The van der Waals surface area contributed by atoms with E-state index in [1.165, 1.54) is 0 Å². The van der Waals surface area contributed by atoms with E-state index >= 15 is 0 Å². The van der Waals surface area contributed by atoms with Gasteiger partial charge in [0.05, 0.1) is 12.6 Å². The molecule has 1 aliphatic heterocycles. The van der Waals surface area contributed by atoms with Crippen molar-refractivity contribution >= 4 is 0 Å². The Morgan fingerprint density at radius 2 is 2.17 bits per heavy atom. The van der Waals surface area contributed by atoms with Crippen LogP contribution in [0.15, 0.2) is 18.2 Å². The lowest BCUT2D eigenvalue weighted by molar-refractivity contribution is -0.136. The number of hydrogen-bond donors (Lipinski definition) is 1. The Morgan fingerprint density at radius 1 is 1.39 bits per heavy atom. The monoisotopic (exact) mass is 261 g/mol. The summed E-state index contributed by atoms with van der Waals surface area (Å²) < 4.78 is 46.3. The summed E-state index contributed by atoms with van der Waals surface area (Å²) in [5.41, 5.74) is 6.68. The van der Waals surface area contributed by atoms with Gasteiger partial charge in [0.2, 0.25) is 0 Å². The smallest absolute Gasteiger partial charge is 0.389 e. The maximum absolute atomic E-state index is 11.9. The van der Waals surface area contributed by atoms with Crippen molar-refractivity contribution < 1.29 is 22.6 Å². The Hall–Kier alpha value is -1.43. The predicted octanol–water partition coefficient (Wildman–Crippen LogP) is 2.80. The van der Waals surface area contributed by atoms with Crippen LogP contribution in [-0.2, 0) is 0 Å². The fourth-order valence-corrected chi connectivity index (χ4v) is 1.77. The van der Waals surface area contributed by atoms with Crippen LogP contribution in [0.5, 0.6) is 11.5 Å². The van der Waals surface area contributed by atoms with Crippen LogP contribution in [-0.4, -0.2) is 19.4 Å². The largest absolute Gasteiger partial charge is 0.493 e. The molecule has 0 amide bonds. The van der Waals surface area contributed by atoms with E-state index in [4.69, 9.17) is 15.2 Å². The number of halogens is 3. The average Bonchev–Trinajstić information content (AvgIpc) is 2.65. The van der Waals surface area contributed by atoms with E-state index in [0.717, 1.165) is 5.56 Å². The summed E-state index contributed by atoms with van der Waals surface area (Å²) in [5.74, 6) is 1.15. The summed E-state index contributed by atoms with van der Waals surface area (Å²) in [7, 11) is 0. The van der Waals surface area contributed by atoms with E-state index in [2.05, 4.69) is 0 Å². The van der Waals surface area contributed by atoms with Gasteiger partial charge in [0.25, 0.3) is 0 Å². The summed E-state index contributed by atoms with van der Waals surface area (Å²) in [6.45, 7) is 0.456. The molecule has 1 aliphatic rings. The Kier molecular flexibility index (Phi) is 3.65. The zero-order chi connectivity index (χ0) is 13.2. The van der Waals surface area contributed by atoms with Crippen molar-refractivity contribution in [2.45, 2.75) is 25.1 Å². The molecule has 1 unspecified atom stereocenters. The molecule has 0 saturated heterocycles. The fourth-order valence-electron chi connectivity index (χ4n) is 1.77. The van der Waals surface area contributed by atoms with Gasteiger partial charge in [-0.05, 0) is 18.6 Å². The molecule has 2 rings (SSSR count). The van der Waals surface area contributed by atoms with Crippen molar-refractivity contribution in [2.75, 3.05) is 13.2 Å². The number of benzene rings is 1. The van der Waals surface area contributed by atoms with E-state index < -0.39 is 12.6 Å². The molecule has 18 heavy (non-hydrogen) atoms. The number of nitrogens with two attached hydrogens (primary N) is 1. The summed E-state index contributed by atoms with van der Waals surface area (Å²) >= 11 is 0. The Bertz CT molecular complexity index is 420. The van der Waals surface area contributed by atoms with Gasteiger partial charge in [-0.2, -0.15) is 13.2 Å². The van der Waals surface area contributed by atoms with Gasteiger partial charge in [-0.3, -0.25) is 0 Å². The molecule has 100 valence electrons. The standard InChI is InChI=1S/C12H14F3NO2/c13-12(14,15)4-1-5-17-8-2-3-9-10(16)7-18-11(9)6-8/h2-3,6,10H,1,4-5,7,16H2. The summed E-state index contributed by atoms with van der Waals surface area (Å²) in [6, 6.07) is 5.00. The van der Waals surface area contributed by atoms with Crippen LogP contribution < -0.4 is 15.2 Å². The van der Waals surface area contributed by atoms with E-state index in [1.807, 2.05) is 0 Å². The van der Waals surface area contributed by atoms with Gasteiger partial charge in [-0.25, -0.2) is 0 Å². The quantitative estimate of drug-likeness (QED) is 0.848. The summed E-state index contributed by atoms with van der Waals surface area (Å²) in [4.78, 5) is 0. The molecule has 1 heterocycles. The van der Waals surface area contributed by atoms with Gasteiger partial charge < -0.3 is 15.2 Å². The van der Waals surface area contributed by atoms with E-state index in [-0.39, 0.29) is 19.1 Å². The van der Waals surface area contributed by atoms with Gasteiger partial charge in [-0.15, -0.1) is 0 Å². The molecule has 0 aromatic heterocycles. The SMILES string of the molecule is NC1COc2cc(OCCCC(F)(F)F)ccc21. The minimum Gasteiger partial charge on any atom is -0.493 e. The molecule has 0 spiro atoms. The molecule has 1 aromatic rings. The van der Waals surface area contributed by atoms with Crippen molar-refractivity contribution in [2.24, 2.45) is 5.73 Å². The minimum atomic E-state index is -4.13. The van der Waals surface area contributed by atoms with Gasteiger partial charge in [-0.1, -0.05) is 0 Å². The minimum absolute atomic E-state index is 0.0321. The van der Waals surface area contributed by atoms with E-state index in [9.17, 15) is 13.2 Å². The van der Waals surface area contributed by atoms with Crippen molar-refractivity contribution in [3.8, 4) is 11.5 Å². The highest BCUT2D eigenvalue weighted by Gasteiger charge is 2.26. The van der Waals surface area contributed by atoms with Crippen LogP contribution in [0.25, 0.3) is 0 Å². The normalized spacial score (nSPS) is 18.3. The van der Waals surface area contributed by atoms with Crippen LogP contribution in [0, 0.1) is 0 Å². The number of fused-ring (bicyclic) bond motifs is 1. The third kappa shape index (κ3) is 3.29. The molecule has 0 bridgehead atoms. The van der Waals surface area contributed by atoms with Crippen LogP contribution in [0.3, 0.4) is 0 Å². The first-order chi connectivity index (χ1) is 8.46. The highest BCUT2D eigenvalue weighted by atomic mass is 19.4. The number of hydrogen-bond acceptors (Lipinski definition) is 3. The lowest BCUT2D eigenvalue weighted by Crippen LogP contribution is -2.10. The Labute approximate surface area is 103 Å². The van der Waals surface area contributed by atoms with E-state index in [1.54, 1.807) is 18.2 Å². The number of alkyl halides is 3. The van der Waals surface area contributed by atoms with Gasteiger partial charge in [0.15, 0.2) is 0 Å². The van der Waals surface area contributed by atoms with Crippen molar-refractivity contribution in [3.63, 3.8) is 0 Å². The molecule has 0 saturated carbocycles. The lowest BCUT2D eigenvalue weighted by atomic mass is 10.1. The van der Waals surface area contributed by atoms with Crippen molar-refractivity contribution in [3.05, 3.63) is 23.8 Å². The Balaban J connectivity index is 1.84. The summed E-state index contributed by atoms with van der Waals surface area (Å²) in [6.07, 6.45) is -5.02. The third-order valence-corrected chi connectivity index (χ3v) is 2.68. The first kappa shape index (κ1) is 13.0. The second kappa shape index (κ2) is 5.06. The molecule has 1 atom stereocenters. The number of rotatable bonds is 4. The summed E-state index contributed by atoms with van der Waals surface area (Å²) in [5, 5.41) is 0. The topological polar surface area (TPSA) is 44.5 Å².